The number of rotatable bonds is 2. The molecule has 0 aromatic rings. The highest BCUT2D eigenvalue weighted by Crippen LogP contribution is 2.44. The molecule has 0 radical (unpaired) electrons. The average molecular weight is 328 g/mol. The molecule has 1 heterocycles. The maximum atomic E-state index is 12.9. The Balaban J connectivity index is 1.62. The number of nitrogens with zero attached hydrogens (tertiary/aromatic N) is 2. The van der Waals surface area contributed by atoms with Crippen molar-refractivity contribution in [3.8, 4) is 0 Å². The van der Waals surface area contributed by atoms with Gasteiger partial charge >= 0.3 is 0 Å². The van der Waals surface area contributed by atoms with Crippen LogP contribution in [-0.4, -0.2) is 56.0 Å². The Labute approximate surface area is 134 Å². The van der Waals surface area contributed by atoms with Crippen LogP contribution in [0.5, 0.6) is 0 Å². The van der Waals surface area contributed by atoms with Crippen LogP contribution in [0.3, 0.4) is 0 Å². The molecule has 0 spiro atoms. The molecule has 22 heavy (non-hydrogen) atoms. The molecule has 5 nitrogen and oxygen atoms in total. The van der Waals surface area contributed by atoms with E-state index in [2.05, 4.69) is 0 Å². The van der Waals surface area contributed by atoms with Gasteiger partial charge in [0, 0.05) is 32.1 Å². The van der Waals surface area contributed by atoms with Crippen LogP contribution in [0.2, 0.25) is 0 Å². The predicted molar refractivity (Wildman–Crippen MR) is 85.8 cm³/mol. The Morgan fingerprint density at radius 1 is 0.909 bits per heavy atom. The summed E-state index contributed by atoms with van der Waals surface area (Å²) in [5.74, 6) is 1.84. The first kappa shape index (κ1) is 16.2. The minimum absolute atomic E-state index is 0.198. The molecule has 2 aliphatic carbocycles. The molecule has 1 aliphatic heterocycles. The topological polar surface area (TPSA) is 57.7 Å². The molecule has 3 fully saturated rings. The lowest BCUT2D eigenvalue weighted by Gasteiger charge is -2.43. The van der Waals surface area contributed by atoms with E-state index in [0.717, 1.165) is 12.3 Å². The molecule has 3 atom stereocenters. The summed E-state index contributed by atoms with van der Waals surface area (Å²) in [4.78, 5) is 14.8. The van der Waals surface area contributed by atoms with Gasteiger partial charge in [-0.05, 0) is 24.7 Å². The normalized spacial score (nSPS) is 34.2. The zero-order valence-electron chi connectivity index (χ0n) is 13.5. The fraction of sp³-hybridized carbons (Fsp3) is 0.938. The van der Waals surface area contributed by atoms with E-state index in [-0.39, 0.29) is 5.92 Å². The van der Waals surface area contributed by atoms with Gasteiger partial charge in [0.2, 0.25) is 15.9 Å². The molecule has 3 aliphatic rings. The van der Waals surface area contributed by atoms with Crippen LogP contribution in [0, 0.1) is 17.8 Å². The predicted octanol–water partition coefficient (Wildman–Crippen LogP) is 1.70. The molecule has 1 amide bonds. The summed E-state index contributed by atoms with van der Waals surface area (Å²) < 4.78 is 24.6. The van der Waals surface area contributed by atoms with Crippen LogP contribution in [0.1, 0.15) is 44.9 Å². The van der Waals surface area contributed by atoms with Gasteiger partial charge < -0.3 is 4.90 Å². The number of sulfonamides is 1. The summed E-state index contributed by atoms with van der Waals surface area (Å²) in [5, 5.41) is 0. The van der Waals surface area contributed by atoms with Crippen molar-refractivity contribution >= 4 is 15.9 Å². The molecule has 1 saturated heterocycles. The van der Waals surface area contributed by atoms with Gasteiger partial charge in [0.1, 0.15) is 0 Å². The molecule has 126 valence electrons. The minimum atomic E-state index is -3.12. The standard InChI is InChI=1S/C16H28N2O3S/c1-22(20,21)18-11-9-17(10-12-18)16(19)15-8-4-6-13-5-2-3-7-14(13)15/h13-15H,2-12H2,1H3. The summed E-state index contributed by atoms with van der Waals surface area (Å²) in [6.45, 7) is 2.01. The average Bonchev–Trinajstić information content (AvgIpc) is 2.53. The lowest BCUT2D eigenvalue weighted by atomic mass is 9.65. The van der Waals surface area contributed by atoms with Gasteiger partial charge in [0.15, 0.2) is 0 Å². The quantitative estimate of drug-likeness (QED) is 0.775. The maximum absolute atomic E-state index is 12.9. The summed E-state index contributed by atoms with van der Waals surface area (Å²) in [5.41, 5.74) is 0. The Kier molecular flexibility index (Phi) is 4.78. The van der Waals surface area contributed by atoms with Crippen molar-refractivity contribution in [1.29, 1.82) is 0 Å². The van der Waals surface area contributed by atoms with Gasteiger partial charge in [-0.15, -0.1) is 0 Å². The Bertz CT molecular complexity index is 509. The molecule has 0 aromatic carbocycles. The molecule has 3 rings (SSSR count). The second kappa shape index (κ2) is 6.48. The second-order valence-electron chi connectivity index (χ2n) is 7.23. The number of fused-ring (bicyclic) bond motifs is 1. The Hall–Kier alpha value is -0.620. The molecule has 0 bridgehead atoms. The van der Waals surface area contributed by atoms with Crippen LogP contribution >= 0.6 is 0 Å². The lowest BCUT2D eigenvalue weighted by molar-refractivity contribution is -0.141. The smallest absolute Gasteiger partial charge is 0.226 e. The third-order valence-corrected chi connectivity index (χ3v) is 7.21. The second-order valence-corrected chi connectivity index (χ2v) is 9.22. The van der Waals surface area contributed by atoms with E-state index in [1.165, 1.54) is 49.1 Å². The highest BCUT2D eigenvalue weighted by molar-refractivity contribution is 7.88. The van der Waals surface area contributed by atoms with E-state index in [1.807, 2.05) is 4.90 Å². The highest BCUT2D eigenvalue weighted by Gasteiger charge is 2.40. The molecule has 6 heteroatoms. The van der Waals surface area contributed by atoms with Crippen LogP contribution in [0.25, 0.3) is 0 Å². The number of piperazine rings is 1. The maximum Gasteiger partial charge on any atom is 0.226 e. The zero-order chi connectivity index (χ0) is 15.7. The summed E-state index contributed by atoms with van der Waals surface area (Å²) in [7, 11) is -3.12. The van der Waals surface area contributed by atoms with Crippen molar-refractivity contribution in [2.24, 2.45) is 17.8 Å². The number of amides is 1. The first-order valence-electron chi connectivity index (χ1n) is 8.71. The molecule has 3 unspecified atom stereocenters. The van der Waals surface area contributed by atoms with Crippen molar-refractivity contribution in [1.82, 2.24) is 9.21 Å². The largest absolute Gasteiger partial charge is 0.340 e. The zero-order valence-corrected chi connectivity index (χ0v) is 14.4. The highest BCUT2D eigenvalue weighted by atomic mass is 32.2. The van der Waals surface area contributed by atoms with Crippen LogP contribution in [0.4, 0.5) is 0 Å². The monoisotopic (exact) mass is 328 g/mol. The van der Waals surface area contributed by atoms with E-state index in [4.69, 9.17) is 0 Å². The van der Waals surface area contributed by atoms with E-state index in [0.29, 0.717) is 38.0 Å². The Morgan fingerprint density at radius 2 is 1.55 bits per heavy atom. The van der Waals surface area contributed by atoms with Crippen molar-refractivity contribution in [3.05, 3.63) is 0 Å². The van der Waals surface area contributed by atoms with Crippen LogP contribution in [-0.2, 0) is 14.8 Å². The van der Waals surface area contributed by atoms with Gasteiger partial charge in [0.25, 0.3) is 0 Å². The van der Waals surface area contributed by atoms with E-state index < -0.39 is 10.0 Å². The molecular formula is C16H28N2O3S. The third-order valence-electron chi connectivity index (χ3n) is 5.91. The van der Waals surface area contributed by atoms with Crippen molar-refractivity contribution in [3.63, 3.8) is 0 Å². The van der Waals surface area contributed by atoms with E-state index >= 15 is 0 Å². The van der Waals surface area contributed by atoms with Crippen molar-refractivity contribution < 1.29 is 13.2 Å². The first-order chi connectivity index (χ1) is 10.5. The van der Waals surface area contributed by atoms with Crippen LogP contribution in [0.15, 0.2) is 0 Å². The fourth-order valence-electron chi connectivity index (χ4n) is 4.72. The van der Waals surface area contributed by atoms with Gasteiger partial charge in [-0.1, -0.05) is 32.1 Å². The van der Waals surface area contributed by atoms with Gasteiger partial charge in [-0.3, -0.25) is 4.79 Å². The lowest BCUT2D eigenvalue weighted by Crippen LogP contribution is -2.53. The molecule has 0 N–H and O–H groups in total. The number of carbonyl (C=O) groups is 1. The van der Waals surface area contributed by atoms with Crippen LogP contribution < -0.4 is 0 Å². The molecular weight excluding hydrogens is 300 g/mol. The number of carbonyl (C=O) groups excluding carboxylic acids is 1. The van der Waals surface area contributed by atoms with Gasteiger partial charge in [-0.2, -0.15) is 4.31 Å². The molecule has 0 aromatic heterocycles. The third kappa shape index (κ3) is 3.32. The minimum Gasteiger partial charge on any atom is -0.340 e. The number of hydrogen-bond donors (Lipinski definition) is 0. The Morgan fingerprint density at radius 3 is 2.23 bits per heavy atom. The first-order valence-corrected chi connectivity index (χ1v) is 10.6. The van der Waals surface area contributed by atoms with Gasteiger partial charge in [0.05, 0.1) is 6.26 Å². The van der Waals surface area contributed by atoms with E-state index in [1.54, 1.807) is 0 Å². The van der Waals surface area contributed by atoms with E-state index in [9.17, 15) is 13.2 Å². The van der Waals surface area contributed by atoms with Crippen molar-refractivity contribution in [2.75, 3.05) is 32.4 Å². The van der Waals surface area contributed by atoms with Gasteiger partial charge in [-0.25, -0.2) is 8.42 Å². The SMILES string of the molecule is CS(=O)(=O)N1CCN(C(=O)C2CCCC3CCCCC32)CC1. The number of hydrogen-bond acceptors (Lipinski definition) is 3. The summed E-state index contributed by atoms with van der Waals surface area (Å²) in [6, 6.07) is 0. The molecule has 2 saturated carbocycles. The van der Waals surface area contributed by atoms with Crippen molar-refractivity contribution in [2.45, 2.75) is 44.9 Å². The summed E-state index contributed by atoms with van der Waals surface area (Å²) >= 11 is 0. The fourth-order valence-corrected chi connectivity index (χ4v) is 5.55. The summed E-state index contributed by atoms with van der Waals surface area (Å²) in [6.07, 6.45) is 9.88.